The number of nitrogens with one attached hydrogen (secondary N) is 1. The molecule has 0 fully saturated rings. The summed E-state index contributed by atoms with van der Waals surface area (Å²) >= 11 is 0. The average molecular weight is 341 g/mol. The standard InChI is InChI=1S/C20H23NO4/c1-20(2,16-8-9-17-18(12-16)25-11-10-24-17)21-19(22)15-6-4-14(5-7-15)13-23-3/h4-9,12H,10-11,13H2,1-3H3,(H,21,22). The number of hydrogen-bond donors (Lipinski definition) is 1. The van der Waals surface area contributed by atoms with Crippen LogP contribution in [0.15, 0.2) is 42.5 Å². The molecule has 3 rings (SSSR count). The zero-order chi connectivity index (χ0) is 17.9. The summed E-state index contributed by atoms with van der Waals surface area (Å²) in [6.45, 7) is 5.57. The molecular formula is C20H23NO4. The van der Waals surface area contributed by atoms with Crippen LogP contribution in [0.3, 0.4) is 0 Å². The van der Waals surface area contributed by atoms with Gasteiger partial charge in [0.1, 0.15) is 13.2 Å². The van der Waals surface area contributed by atoms with Gasteiger partial charge in [0.15, 0.2) is 11.5 Å². The van der Waals surface area contributed by atoms with E-state index in [1.54, 1.807) is 7.11 Å². The molecule has 25 heavy (non-hydrogen) atoms. The Morgan fingerprint density at radius 2 is 1.76 bits per heavy atom. The molecule has 0 saturated heterocycles. The Morgan fingerprint density at radius 1 is 1.08 bits per heavy atom. The molecule has 1 N–H and O–H groups in total. The number of hydrogen-bond acceptors (Lipinski definition) is 4. The number of carbonyl (C=O) groups is 1. The van der Waals surface area contributed by atoms with Gasteiger partial charge in [-0.3, -0.25) is 4.79 Å². The molecule has 0 saturated carbocycles. The zero-order valence-corrected chi connectivity index (χ0v) is 14.8. The largest absolute Gasteiger partial charge is 0.486 e. The predicted octanol–water partition coefficient (Wildman–Crippen LogP) is 3.27. The Bertz CT molecular complexity index is 753. The molecule has 2 aromatic rings. The summed E-state index contributed by atoms with van der Waals surface area (Å²) in [5, 5.41) is 3.08. The Kier molecular flexibility index (Phi) is 4.95. The summed E-state index contributed by atoms with van der Waals surface area (Å²) in [6.07, 6.45) is 0. The summed E-state index contributed by atoms with van der Waals surface area (Å²) in [5.41, 5.74) is 2.06. The van der Waals surface area contributed by atoms with Crippen molar-refractivity contribution in [1.82, 2.24) is 5.32 Å². The molecule has 132 valence electrons. The first-order chi connectivity index (χ1) is 12.0. The third kappa shape index (κ3) is 3.94. The van der Waals surface area contributed by atoms with Crippen LogP contribution in [-0.2, 0) is 16.9 Å². The van der Waals surface area contributed by atoms with Gasteiger partial charge in [-0.05, 0) is 49.2 Å². The average Bonchev–Trinajstić information content (AvgIpc) is 2.62. The fourth-order valence-corrected chi connectivity index (χ4v) is 2.78. The van der Waals surface area contributed by atoms with Gasteiger partial charge in [-0.1, -0.05) is 18.2 Å². The summed E-state index contributed by atoms with van der Waals surface area (Å²) in [5.74, 6) is 1.34. The van der Waals surface area contributed by atoms with Gasteiger partial charge in [-0.2, -0.15) is 0 Å². The Balaban J connectivity index is 1.75. The van der Waals surface area contributed by atoms with Crippen molar-refractivity contribution in [3.05, 3.63) is 59.2 Å². The summed E-state index contributed by atoms with van der Waals surface area (Å²) in [7, 11) is 1.65. The smallest absolute Gasteiger partial charge is 0.251 e. The second-order valence-corrected chi connectivity index (χ2v) is 6.57. The van der Waals surface area contributed by atoms with Gasteiger partial charge in [0.2, 0.25) is 0 Å². The van der Waals surface area contributed by atoms with E-state index in [2.05, 4.69) is 5.32 Å². The van der Waals surface area contributed by atoms with Crippen molar-refractivity contribution in [3.8, 4) is 11.5 Å². The van der Waals surface area contributed by atoms with Crippen LogP contribution >= 0.6 is 0 Å². The molecule has 1 amide bonds. The SMILES string of the molecule is COCc1ccc(C(=O)NC(C)(C)c2ccc3c(c2)OCCO3)cc1. The lowest BCUT2D eigenvalue weighted by atomic mass is 9.93. The molecule has 5 heteroatoms. The van der Waals surface area contributed by atoms with Crippen LogP contribution in [0, 0.1) is 0 Å². The van der Waals surface area contributed by atoms with Crippen LogP contribution in [0.2, 0.25) is 0 Å². The minimum Gasteiger partial charge on any atom is -0.486 e. The highest BCUT2D eigenvalue weighted by Gasteiger charge is 2.25. The monoisotopic (exact) mass is 341 g/mol. The summed E-state index contributed by atoms with van der Waals surface area (Å²) in [6, 6.07) is 13.2. The molecule has 0 aromatic heterocycles. The Labute approximate surface area is 147 Å². The van der Waals surface area contributed by atoms with Gasteiger partial charge in [-0.25, -0.2) is 0 Å². The third-order valence-corrected chi connectivity index (χ3v) is 4.22. The van der Waals surface area contributed by atoms with E-state index in [1.165, 1.54) is 0 Å². The van der Waals surface area contributed by atoms with E-state index in [-0.39, 0.29) is 5.91 Å². The molecule has 5 nitrogen and oxygen atoms in total. The maximum Gasteiger partial charge on any atom is 0.251 e. The molecule has 1 aliphatic rings. The molecule has 0 spiro atoms. The number of ether oxygens (including phenoxy) is 3. The molecular weight excluding hydrogens is 318 g/mol. The first kappa shape index (κ1) is 17.3. The van der Waals surface area contributed by atoms with Crippen LogP contribution in [0.25, 0.3) is 0 Å². The van der Waals surface area contributed by atoms with E-state index < -0.39 is 5.54 Å². The number of rotatable bonds is 5. The van der Waals surface area contributed by atoms with Gasteiger partial charge in [0.25, 0.3) is 5.91 Å². The quantitative estimate of drug-likeness (QED) is 0.907. The van der Waals surface area contributed by atoms with Crippen LogP contribution in [0.4, 0.5) is 0 Å². The topological polar surface area (TPSA) is 56.8 Å². The van der Waals surface area contributed by atoms with Gasteiger partial charge in [-0.15, -0.1) is 0 Å². The van der Waals surface area contributed by atoms with Crippen molar-refractivity contribution in [3.63, 3.8) is 0 Å². The number of carbonyl (C=O) groups excluding carboxylic acids is 1. The van der Waals surface area contributed by atoms with E-state index in [0.717, 1.165) is 22.6 Å². The van der Waals surface area contributed by atoms with Crippen LogP contribution in [0.1, 0.15) is 35.3 Å². The second kappa shape index (κ2) is 7.15. The molecule has 0 atom stereocenters. The minimum absolute atomic E-state index is 0.121. The number of methoxy groups -OCH3 is 1. The lowest BCUT2D eigenvalue weighted by Crippen LogP contribution is -2.41. The van der Waals surface area contributed by atoms with E-state index in [4.69, 9.17) is 14.2 Å². The van der Waals surface area contributed by atoms with E-state index in [0.29, 0.717) is 25.4 Å². The maximum atomic E-state index is 12.6. The van der Waals surface area contributed by atoms with Gasteiger partial charge in [0, 0.05) is 12.7 Å². The summed E-state index contributed by atoms with van der Waals surface area (Å²) in [4.78, 5) is 12.6. The van der Waals surface area contributed by atoms with Crippen LogP contribution in [0.5, 0.6) is 11.5 Å². The fourth-order valence-electron chi connectivity index (χ4n) is 2.78. The number of benzene rings is 2. The minimum atomic E-state index is -0.544. The van der Waals surface area contributed by atoms with E-state index in [1.807, 2.05) is 56.3 Å². The number of amides is 1. The Hall–Kier alpha value is -2.53. The fraction of sp³-hybridized carbons (Fsp3) is 0.350. The predicted molar refractivity (Wildman–Crippen MR) is 95.1 cm³/mol. The van der Waals surface area contributed by atoms with Crippen molar-refractivity contribution >= 4 is 5.91 Å². The molecule has 0 unspecified atom stereocenters. The molecule has 0 bridgehead atoms. The zero-order valence-electron chi connectivity index (χ0n) is 14.8. The lowest BCUT2D eigenvalue weighted by Gasteiger charge is -2.28. The molecule has 2 aromatic carbocycles. The maximum absolute atomic E-state index is 12.6. The van der Waals surface area contributed by atoms with Crippen molar-refractivity contribution in [2.24, 2.45) is 0 Å². The third-order valence-electron chi connectivity index (χ3n) is 4.22. The van der Waals surface area contributed by atoms with Crippen molar-refractivity contribution in [2.45, 2.75) is 26.0 Å². The molecule has 1 aliphatic heterocycles. The molecule has 1 heterocycles. The van der Waals surface area contributed by atoms with Crippen molar-refractivity contribution in [2.75, 3.05) is 20.3 Å². The highest BCUT2D eigenvalue weighted by molar-refractivity contribution is 5.94. The molecule has 0 aliphatic carbocycles. The van der Waals surface area contributed by atoms with E-state index in [9.17, 15) is 4.79 Å². The number of fused-ring (bicyclic) bond motifs is 1. The van der Waals surface area contributed by atoms with Crippen LogP contribution < -0.4 is 14.8 Å². The van der Waals surface area contributed by atoms with Gasteiger partial charge >= 0.3 is 0 Å². The Morgan fingerprint density at radius 3 is 2.44 bits per heavy atom. The highest BCUT2D eigenvalue weighted by Crippen LogP contribution is 2.34. The summed E-state index contributed by atoms with van der Waals surface area (Å²) < 4.78 is 16.3. The van der Waals surface area contributed by atoms with Crippen molar-refractivity contribution < 1.29 is 19.0 Å². The first-order valence-electron chi connectivity index (χ1n) is 8.30. The van der Waals surface area contributed by atoms with Gasteiger partial charge in [0.05, 0.1) is 12.1 Å². The van der Waals surface area contributed by atoms with E-state index >= 15 is 0 Å². The first-order valence-corrected chi connectivity index (χ1v) is 8.30. The van der Waals surface area contributed by atoms with Crippen molar-refractivity contribution in [1.29, 1.82) is 0 Å². The van der Waals surface area contributed by atoms with Gasteiger partial charge < -0.3 is 19.5 Å². The highest BCUT2D eigenvalue weighted by atomic mass is 16.6. The molecule has 0 radical (unpaired) electrons. The second-order valence-electron chi connectivity index (χ2n) is 6.57. The lowest BCUT2D eigenvalue weighted by molar-refractivity contribution is 0.0911. The normalized spacial score (nSPS) is 13.4. The van der Waals surface area contributed by atoms with Crippen LogP contribution in [-0.4, -0.2) is 26.2 Å².